The molecule has 1 heterocycles. The molecule has 1 unspecified atom stereocenters. The van der Waals surface area contributed by atoms with E-state index in [0.29, 0.717) is 5.92 Å². The van der Waals surface area contributed by atoms with Crippen LogP contribution in [0.4, 0.5) is 0 Å². The summed E-state index contributed by atoms with van der Waals surface area (Å²) in [7, 11) is 3.95. The lowest BCUT2D eigenvalue weighted by atomic mass is 9.98. The van der Waals surface area contributed by atoms with Gasteiger partial charge in [0.05, 0.1) is 0 Å². The Morgan fingerprint density at radius 2 is 2.00 bits per heavy atom. The van der Waals surface area contributed by atoms with Crippen molar-refractivity contribution in [2.24, 2.45) is 4.99 Å². The quantitative estimate of drug-likeness (QED) is 0.614. The Labute approximate surface area is 144 Å². The maximum Gasteiger partial charge on any atom is 0.193 e. The first-order valence-electron chi connectivity index (χ1n) is 8.20. The van der Waals surface area contributed by atoms with E-state index in [2.05, 4.69) is 77.0 Å². The van der Waals surface area contributed by atoms with E-state index in [1.807, 2.05) is 18.4 Å². The highest BCUT2D eigenvalue weighted by molar-refractivity contribution is 7.09. The highest BCUT2D eigenvalue weighted by atomic mass is 32.1. The molecule has 1 aromatic heterocycles. The van der Waals surface area contributed by atoms with Crippen molar-refractivity contribution in [1.29, 1.82) is 0 Å². The number of aliphatic imine (C=N–C) groups is 1. The van der Waals surface area contributed by atoms with Gasteiger partial charge in [-0.15, -0.1) is 11.3 Å². The number of thiophene rings is 1. The van der Waals surface area contributed by atoms with Gasteiger partial charge in [-0.25, -0.2) is 0 Å². The standard InChI is InChI=1S/C19H27N3S/c1-16(17-8-5-4-6-9-17)11-13-21-19(20-2)22(3)14-12-18-10-7-15-23-18/h4-10,15-16H,11-14H2,1-3H3,(H,20,21). The highest BCUT2D eigenvalue weighted by Crippen LogP contribution is 2.17. The van der Waals surface area contributed by atoms with Crippen LogP contribution < -0.4 is 5.32 Å². The van der Waals surface area contributed by atoms with Gasteiger partial charge in [0.2, 0.25) is 0 Å². The second-order valence-electron chi connectivity index (χ2n) is 5.83. The molecule has 1 aromatic carbocycles. The largest absolute Gasteiger partial charge is 0.356 e. The minimum Gasteiger partial charge on any atom is -0.356 e. The van der Waals surface area contributed by atoms with Crippen molar-refractivity contribution in [2.45, 2.75) is 25.7 Å². The summed E-state index contributed by atoms with van der Waals surface area (Å²) >= 11 is 1.82. The second kappa shape index (κ2) is 9.36. The molecule has 0 fully saturated rings. The number of likely N-dealkylation sites (N-methyl/N-ethyl adjacent to an activating group) is 1. The van der Waals surface area contributed by atoms with Gasteiger partial charge in [0, 0.05) is 32.1 Å². The number of benzene rings is 1. The Balaban J connectivity index is 1.74. The van der Waals surface area contributed by atoms with Gasteiger partial charge in [-0.3, -0.25) is 4.99 Å². The molecule has 0 spiro atoms. The Morgan fingerprint density at radius 1 is 1.22 bits per heavy atom. The highest BCUT2D eigenvalue weighted by Gasteiger charge is 2.08. The van der Waals surface area contributed by atoms with Gasteiger partial charge in [-0.1, -0.05) is 43.3 Å². The lowest BCUT2D eigenvalue weighted by Crippen LogP contribution is -2.40. The average Bonchev–Trinajstić information content (AvgIpc) is 3.10. The molecule has 1 N–H and O–H groups in total. The fourth-order valence-corrected chi connectivity index (χ4v) is 3.27. The number of rotatable bonds is 7. The van der Waals surface area contributed by atoms with Crippen LogP contribution in [0.25, 0.3) is 0 Å². The molecular weight excluding hydrogens is 302 g/mol. The van der Waals surface area contributed by atoms with Gasteiger partial charge >= 0.3 is 0 Å². The smallest absolute Gasteiger partial charge is 0.193 e. The normalized spacial score (nSPS) is 12.9. The van der Waals surface area contributed by atoms with Crippen LogP contribution in [-0.2, 0) is 6.42 Å². The first kappa shape index (κ1) is 17.5. The van der Waals surface area contributed by atoms with Crippen molar-refractivity contribution in [1.82, 2.24) is 10.2 Å². The van der Waals surface area contributed by atoms with Crippen LogP contribution in [0.5, 0.6) is 0 Å². The molecule has 1 atom stereocenters. The van der Waals surface area contributed by atoms with Crippen LogP contribution in [-0.4, -0.2) is 38.0 Å². The zero-order valence-corrected chi connectivity index (χ0v) is 15.1. The first-order chi connectivity index (χ1) is 11.2. The van der Waals surface area contributed by atoms with Crippen LogP contribution in [0.1, 0.15) is 29.7 Å². The van der Waals surface area contributed by atoms with Gasteiger partial charge in [0.15, 0.2) is 5.96 Å². The maximum atomic E-state index is 4.39. The molecule has 0 saturated carbocycles. The molecule has 4 heteroatoms. The molecular formula is C19H27N3S. The summed E-state index contributed by atoms with van der Waals surface area (Å²) in [5, 5.41) is 5.61. The molecule has 124 valence electrons. The topological polar surface area (TPSA) is 27.6 Å². The SMILES string of the molecule is CN=C(NCCC(C)c1ccccc1)N(C)CCc1cccs1. The molecule has 23 heavy (non-hydrogen) atoms. The van der Waals surface area contributed by atoms with Gasteiger partial charge in [0.25, 0.3) is 0 Å². The molecule has 2 aromatic rings. The van der Waals surface area contributed by atoms with Gasteiger partial charge in [0.1, 0.15) is 0 Å². The number of nitrogens with zero attached hydrogens (tertiary/aromatic N) is 2. The van der Waals surface area contributed by atoms with Crippen LogP contribution in [0.2, 0.25) is 0 Å². The number of nitrogens with one attached hydrogen (secondary N) is 1. The minimum atomic E-state index is 0.554. The number of hydrogen-bond acceptors (Lipinski definition) is 2. The molecule has 0 aliphatic rings. The summed E-state index contributed by atoms with van der Waals surface area (Å²) < 4.78 is 0. The van der Waals surface area contributed by atoms with Crippen LogP contribution >= 0.6 is 11.3 Å². The predicted octanol–water partition coefficient (Wildman–Crippen LogP) is 3.99. The van der Waals surface area contributed by atoms with Gasteiger partial charge in [-0.05, 0) is 35.8 Å². The van der Waals surface area contributed by atoms with Gasteiger partial charge in [-0.2, -0.15) is 0 Å². The van der Waals surface area contributed by atoms with E-state index >= 15 is 0 Å². The third-order valence-electron chi connectivity index (χ3n) is 4.08. The summed E-state index contributed by atoms with van der Waals surface area (Å²) in [6.07, 6.45) is 2.16. The van der Waals surface area contributed by atoms with Crippen molar-refractivity contribution in [3.05, 3.63) is 58.3 Å². The monoisotopic (exact) mass is 329 g/mol. The fourth-order valence-electron chi connectivity index (χ4n) is 2.57. The maximum absolute atomic E-state index is 4.39. The third-order valence-corrected chi connectivity index (χ3v) is 5.01. The molecule has 0 saturated heterocycles. The lowest BCUT2D eigenvalue weighted by Gasteiger charge is -2.22. The zero-order chi connectivity index (χ0) is 16.5. The van der Waals surface area contributed by atoms with E-state index in [-0.39, 0.29) is 0 Å². The van der Waals surface area contributed by atoms with E-state index < -0.39 is 0 Å². The Morgan fingerprint density at radius 3 is 2.65 bits per heavy atom. The average molecular weight is 330 g/mol. The molecule has 0 amide bonds. The lowest BCUT2D eigenvalue weighted by molar-refractivity contribution is 0.483. The first-order valence-corrected chi connectivity index (χ1v) is 9.07. The summed E-state index contributed by atoms with van der Waals surface area (Å²) in [6.45, 7) is 4.20. The number of guanidine groups is 1. The predicted molar refractivity (Wildman–Crippen MR) is 101 cm³/mol. The molecule has 0 bridgehead atoms. The van der Waals surface area contributed by atoms with Crippen molar-refractivity contribution in [3.63, 3.8) is 0 Å². The number of hydrogen-bond donors (Lipinski definition) is 1. The van der Waals surface area contributed by atoms with Crippen LogP contribution in [0.15, 0.2) is 52.8 Å². The molecule has 0 radical (unpaired) electrons. The Hall–Kier alpha value is -1.81. The molecule has 3 nitrogen and oxygen atoms in total. The van der Waals surface area contributed by atoms with Crippen molar-refractivity contribution in [3.8, 4) is 0 Å². The summed E-state index contributed by atoms with van der Waals surface area (Å²) in [4.78, 5) is 8.01. The van der Waals surface area contributed by atoms with Gasteiger partial charge < -0.3 is 10.2 Å². The zero-order valence-electron chi connectivity index (χ0n) is 14.3. The van der Waals surface area contributed by atoms with Crippen molar-refractivity contribution >= 4 is 17.3 Å². The van der Waals surface area contributed by atoms with E-state index in [9.17, 15) is 0 Å². The van der Waals surface area contributed by atoms with Crippen molar-refractivity contribution in [2.75, 3.05) is 27.2 Å². The van der Waals surface area contributed by atoms with E-state index in [1.54, 1.807) is 0 Å². The van der Waals surface area contributed by atoms with Crippen LogP contribution in [0, 0.1) is 0 Å². The Kier molecular flexibility index (Phi) is 7.14. The van der Waals surface area contributed by atoms with Crippen LogP contribution in [0.3, 0.4) is 0 Å². The Bertz CT molecular complexity index is 578. The summed E-state index contributed by atoms with van der Waals surface area (Å²) in [5.41, 5.74) is 1.40. The molecule has 0 aliphatic carbocycles. The molecule has 0 aliphatic heterocycles. The fraction of sp³-hybridized carbons (Fsp3) is 0.421. The van der Waals surface area contributed by atoms with E-state index in [1.165, 1.54) is 10.4 Å². The third kappa shape index (κ3) is 5.71. The second-order valence-corrected chi connectivity index (χ2v) is 6.86. The summed E-state index contributed by atoms with van der Waals surface area (Å²) in [6, 6.07) is 15.0. The van der Waals surface area contributed by atoms with Crippen molar-refractivity contribution < 1.29 is 0 Å². The summed E-state index contributed by atoms with van der Waals surface area (Å²) in [5.74, 6) is 1.53. The van der Waals surface area contributed by atoms with E-state index in [0.717, 1.165) is 31.9 Å². The minimum absolute atomic E-state index is 0.554. The van der Waals surface area contributed by atoms with E-state index in [4.69, 9.17) is 0 Å². The molecule has 2 rings (SSSR count).